The normalized spacial score (nSPS) is 11.3. The molecule has 0 heterocycles. The van der Waals surface area contributed by atoms with Gasteiger partial charge >= 0.3 is 5.97 Å². The molecule has 1 aromatic rings. The van der Waals surface area contributed by atoms with Crippen LogP contribution in [-0.4, -0.2) is 43.5 Å². The van der Waals surface area contributed by atoms with Gasteiger partial charge in [0.15, 0.2) is 6.10 Å². The second-order valence-electron chi connectivity index (χ2n) is 4.93. The molecule has 0 aliphatic carbocycles. The molecule has 8 heteroatoms. The molecule has 0 saturated heterocycles. The Morgan fingerprint density at radius 3 is 2.65 bits per heavy atom. The fourth-order valence-corrected chi connectivity index (χ4v) is 1.79. The second-order valence-corrected chi connectivity index (χ2v) is 4.93. The number of benzene rings is 1. The first kappa shape index (κ1) is 18.1. The number of carbonyl (C=O) groups excluding carboxylic acids is 2. The summed E-state index contributed by atoms with van der Waals surface area (Å²) in [5, 5.41) is 13.4. The minimum atomic E-state index is -1.03. The van der Waals surface area contributed by atoms with Crippen LogP contribution >= 0.6 is 0 Å². The number of carbonyl (C=O) groups is 2. The molecule has 0 saturated carbocycles. The molecular weight excluding hydrogens is 302 g/mol. The Morgan fingerprint density at radius 2 is 2.13 bits per heavy atom. The molecule has 1 rings (SSSR count). The largest absolute Gasteiger partial charge is 0.449 e. The van der Waals surface area contributed by atoms with Crippen molar-refractivity contribution in [3.63, 3.8) is 0 Å². The van der Waals surface area contributed by atoms with Crippen LogP contribution in [0.15, 0.2) is 30.9 Å². The molecule has 0 fully saturated rings. The Balaban J connectivity index is 3.01. The van der Waals surface area contributed by atoms with Crippen LogP contribution in [-0.2, 0) is 9.53 Å². The third-order valence-corrected chi connectivity index (χ3v) is 2.97. The number of nitrogens with one attached hydrogen (secondary N) is 1. The maximum atomic E-state index is 12.3. The zero-order valence-corrected chi connectivity index (χ0v) is 13.2. The number of rotatable bonds is 7. The van der Waals surface area contributed by atoms with Gasteiger partial charge in [-0.2, -0.15) is 0 Å². The molecule has 23 heavy (non-hydrogen) atoms. The van der Waals surface area contributed by atoms with Crippen LogP contribution in [0.3, 0.4) is 0 Å². The molecule has 0 bridgehead atoms. The molecule has 1 amide bonds. The number of nitro groups is 1. The highest BCUT2D eigenvalue weighted by Crippen LogP contribution is 2.25. The van der Waals surface area contributed by atoms with E-state index in [1.54, 1.807) is 19.0 Å². The first-order valence-corrected chi connectivity index (χ1v) is 6.83. The van der Waals surface area contributed by atoms with Crippen LogP contribution in [0.25, 0.3) is 0 Å². The summed E-state index contributed by atoms with van der Waals surface area (Å²) in [6.07, 6.45) is 0.466. The van der Waals surface area contributed by atoms with Gasteiger partial charge in [0.25, 0.3) is 11.6 Å². The Morgan fingerprint density at radius 1 is 1.48 bits per heavy atom. The Hall–Kier alpha value is -2.90. The average molecular weight is 321 g/mol. The third kappa shape index (κ3) is 4.80. The summed E-state index contributed by atoms with van der Waals surface area (Å²) in [6, 6.07) is 3.88. The first-order chi connectivity index (χ1) is 10.8. The molecule has 1 aromatic carbocycles. The maximum absolute atomic E-state index is 12.3. The summed E-state index contributed by atoms with van der Waals surface area (Å²) in [5.41, 5.74) is 0.248. The van der Waals surface area contributed by atoms with Crippen molar-refractivity contribution in [2.45, 2.75) is 13.0 Å². The average Bonchev–Trinajstić information content (AvgIpc) is 2.51. The summed E-state index contributed by atoms with van der Waals surface area (Å²) in [7, 11) is 3.39. The smallest absolute Gasteiger partial charge is 0.341 e. The lowest BCUT2D eigenvalue weighted by atomic mass is 10.1. The number of hydrogen-bond acceptors (Lipinski definition) is 6. The van der Waals surface area contributed by atoms with Crippen molar-refractivity contribution in [3.8, 4) is 0 Å². The molecule has 0 spiro atoms. The molecule has 0 aliphatic heterocycles. The number of hydrogen-bond donors (Lipinski definition) is 1. The van der Waals surface area contributed by atoms with E-state index in [0.29, 0.717) is 5.69 Å². The van der Waals surface area contributed by atoms with Crippen molar-refractivity contribution in [1.82, 2.24) is 5.32 Å². The van der Waals surface area contributed by atoms with Crippen LogP contribution in [0.5, 0.6) is 0 Å². The number of esters is 1. The van der Waals surface area contributed by atoms with Gasteiger partial charge in [0.05, 0.1) is 16.2 Å². The van der Waals surface area contributed by atoms with E-state index in [0.717, 1.165) is 6.07 Å². The zero-order chi connectivity index (χ0) is 17.6. The number of nitrogens with zero attached hydrogens (tertiary/aromatic N) is 2. The molecule has 0 aromatic heterocycles. The van der Waals surface area contributed by atoms with Crippen molar-refractivity contribution >= 4 is 23.3 Å². The standard InChI is InChI=1S/C15H19N3O5/c1-5-8-16-14(19)10(2)23-15(20)12-9-11(18(21)22)6-7-13(12)17(3)4/h5-7,9-10H,1,8H2,2-4H3,(H,16,19)/t10-/m1/s1. The second kappa shape index (κ2) is 7.92. The summed E-state index contributed by atoms with van der Waals surface area (Å²) in [5.74, 6) is -1.28. The molecule has 1 N–H and O–H groups in total. The van der Waals surface area contributed by atoms with E-state index in [-0.39, 0.29) is 17.8 Å². The fraction of sp³-hybridized carbons (Fsp3) is 0.333. The summed E-state index contributed by atoms with van der Waals surface area (Å²) >= 11 is 0. The van der Waals surface area contributed by atoms with Crippen LogP contribution in [0.2, 0.25) is 0 Å². The molecule has 0 unspecified atom stereocenters. The van der Waals surface area contributed by atoms with Crippen molar-refractivity contribution in [1.29, 1.82) is 0 Å². The van der Waals surface area contributed by atoms with E-state index in [2.05, 4.69) is 11.9 Å². The van der Waals surface area contributed by atoms with Crippen LogP contribution in [0.4, 0.5) is 11.4 Å². The molecule has 124 valence electrons. The molecule has 1 atom stereocenters. The minimum absolute atomic E-state index is 0.0209. The lowest BCUT2D eigenvalue weighted by molar-refractivity contribution is -0.384. The minimum Gasteiger partial charge on any atom is -0.449 e. The Labute approximate surface area is 133 Å². The number of amides is 1. The van der Waals surface area contributed by atoms with E-state index >= 15 is 0 Å². The first-order valence-electron chi connectivity index (χ1n) is 6.83. The van der Waals surface area contributed by atoms with Gasteiger partial charge in [-0.25, -0.2) is 4.79 Å². The Bertz CT molecular complexity index is 628. The summed E-state index contributed by atoms with van der Waals surface area (Å²) < 4.78 is 5.09. The van der Waals surface area contributed by atoms with Crippen molar-refractivity contribution < 1.29 is 19.2 Å². The van der Waals surface area contributed by atoms with Gasteiger partial charge in [-0.15, -0.1) is 6.58 Å². The van der Waals surface area contributed by atoms with Gasteiger partial charge in [-0.1, -0.05) is 6.08 Å². The predicted octanol–water partition coefficient (Wildman–Crippen LogP) is 1.51. The van der Waals surface area contributed by atoms with Gasteiger partial charge in [0.1, 0.15) is 0 Å². The third-order valence-electron chi connectivity index (χ3n) is 2.97. The van der Waals surface area contributed by atoms with Crippen molar-refractivity contribution in [3.05, 3.63) is 46.5 Å². The lowest BCUT2D eigenvalue weighted by Crippen LogP contribution is -2.36. The van der Waals surface area contributed by atoms with Gasteiger partial charge in [-0.05, 0) is 13.0 Å². The van der Waals surface area contributed by atoms with Gasteiger partial charge in [0, 0.05) is 32.8 Å². The van der Waals surface area contributed by atoms with E-state index < -0.39 is 22.9 Å². The monoisotopic (exact) mass is 321 g/mol. The number of anilines is 1. The summed E-state index contributed by atoms with van der Waals surface area (Å²) in [4.78, 5) is 35.9. The van der Waals surface area contributed by atoms with Gasteiger partial charge < -0.3 is 15.0 Å². The molecule has 8 nitrogen and oxygen atoms in total. The molecule has 0 aliphatic rings. The number of nitro benzene ring substituents is 1. The highest BCUT2D eigenvalue weighted by Gasteiger charge is 2.23. The quantitative estimate of drug-likeness (QED) is 0.353. The van der Waals surface area contributed by atoms with Crippen LogP contribution < -0.4 is 10.2 Å². The van der Waals surface area contributed by atoms with Crippen LogP contribution in [0, 0.1) is 10.1 Å². The van der Waals surface area contributed by atoms with E-state index in [1.165, 1.54) is 25.1 Å². The lowest BCUT2D eigenvalue weighted by Gasteiger charge is -2.18. The van der Waals surface area contributed by atoms with E-state index in [1.807, 2.05) is 0 Å². The SMILES string of the molecule is C=CCNC(=O)[C@@H](C)OC(=O)c1cc([N+](=O)[O-])ccc1N(C)C. The molecule has 0 radical (unpaired) electrons. The highest BCUT2D eigenvalue weighted by molar-refractivity contribution is 5.98. The predicted molar refractivity (Wildman–Crippen MR) is 85.5 cm³/mol. The number of non-ortho nitro benzene ring substituents is 1. The van der Waals surface area contributed by atoms with Gasteiger partial charge in [0.2, 0.25) is 0 Å². The zero-order valence-electron chi connectivity index (χ0n) is 13.2. The van der Waals surface area contributed by atoms with Crippen LogP contribution in [0.1, 0.15) is 17.3 Å². The topological polar surface area (TPSA) is 102 Å². The van der Waals surface area contributed by atoms with E-state index in [9.17, 15) is 19.7 Å². The van der Waals surface area contributed by atoms with Crippen molar-refractivity contribution in [2.75, 3.05) is 25.5 Å². The fourth-order valence-electron chi connectivity index (χ4n) is 1.79. The number of ether oxygens (including phenoxy) is 1. The molecular formula is C15H19N3O5. The van der Waals surface area contributed by atoms with E-state index in [4.69, 9.17) is 4.74 Å². The highest BCUT2D eigenvalue weighted by atomic mass is 16.6. The maximum Gasteiger partial charge on any atom is 0.341 e. The summed E-state index contributed by atoms with van der Waals surface area (Å²) in [6.45, 7) is 5.14. The van der Waals surface area contributed by atoms with Crippen molar-refractivity contribution in [2.24, 2.45) is 0 Å². The Kier molecular flexibility index (Phi) is 6.25. The van der Waals surface area contributed by atoms with Gasteiger partial charge in [-0.3, -0.25) is 14.9 Å².